The number of aliphatic hydroxyl groups excluding tert-OH is 1. The first kappa shape index (κ1) is 23.3. The van der Waals surface area contributed by atoms with Crippen molar-refractivity contribution in [2.75, 3.05) is 13.2 Å². The number of rotatable bonds is 10. The average Bonchev–Trinajstić information content (AvgIpc) is 3.10. The highest BCUT2D eigenvalue weighted by molar-refractivity contribution is 5.80. The minimum Gasteiger partial charge on any atom is -0.479 e. The van der Waals surface area contributed by atoms with Crippen LogP contribution in [0.2, 0.25) is 0 Å². The van der Waals surface area contributed by atoms with E-state index >= 15 is 0 Å². The van der Waals surface area contributed by atoms with Crippen LogP contribution in [0.25, 0.3) is 11.1 Å². The molecule has 0 spiro atoms. The molecule has 3 rings (SSSR count). The van der Waals surface area contributed by atoms with Crippen molar-refractivity contribution in [1.82, 2.24) is 10.6 Å². The molecular weight excluding hydrogens is 412 g/mol. The van der Waals surface area contributed by atoms with Gasteiger partial charge >= 0.3 is 12.1 Å². The summed E-state index contributed by atoms with van der Waals surface area (Å²) in [5.74, 6) is -1.92. The van der Waals surface area contributed by atoms with Gasteiger partial charge in [0.05, 0.1) is 6.54 Å². The molecule has 0 fully saturated rings. The van der Waals surface area contributed by atoms with Crippen molar-refractivity contribution in [2.45, 2.75) is 44.2 Å². The lowest BCUT2D eigenvalue weighted by Crippen LogP contribution is -2.42. The molecule has 1 aliphatic carbocycles. The van der Waals surface area contributed by atoms with Crippen molar-refractivity contribution < 1.29 is 29.3 Å². The lowest BCUT2D eigenvalue weighted by Gasteiger charge is -2.19. The molecule has 32 heavy (non-hydrogen) atoms. The predicted octanol–water partition coefficient (Wildman–Crippen LogP) is 2.65. The van der Waals surface area contributed by atoms with Crippen LogP contribution in [-0.4, -0.2) is 53.5 Å². The lowest BCUT2D eigenvalue weighted by molar-refractivity contribution is -0.146. The van der Waals surface area contributed by atoms with Crippen LogP contribution in [0.1, 0.15) is 43.2 Å². The Hall–Kier alpha value is -3.39. The number of ether oxygens (including phenoxy) is 1. The van der Waals surface area contributed by atoms with Crippen molar-refractivity contribution in [3.05, 3.63) is 59.7 Å². The summed E-state index contributed by atoms with van der Waals surface area (Å²) in [4.78, 5) is 35.2. The molecule has 4 N–H and O–H groups in total. The molecule has 2 aromatic carbocycles. The van der Waals surface area contributed by atoms with E-state index in [0.29, 0.717) is 6.42 Å². The van der Waals surface area contributed by atoms with Gasteiger partial charge in [0.25, 0.3) is 0 Å². The minimum atomic E-state index is -1.67. The van der Waals surface area contributed by atoms with Crippen LogP contribution in [0.3, 0.4) is 0 Å². The monoisotopic (exact) mass is 440 g/mol. The molecule has 0 aliphatic heterocycles. The molecular formula is C24H28N2O6. The van der Waals surface area contributed by atoms with Gasteiger partial charge in [-0.2, -0.15) is 0 Å². The van der Waals surface area contributed by atoms with Gasteiger partial charge in [0, 0.05) is 18.4 Å². The van der Waals surface area contributed by atoms with Crippen LogP contribution in [0.5, 0.6) is 0 Å². The topological polar surface area (TPSA) is 125 Å². The summed E-state index contributed by atoms with van der Waals surface area (Å²) in [7, 11) is 0. The Morgan fingerprint density at radius 3 is 2.19 bits per heavy atom. The Labute approximate surface area is 186 Å². The summed E-state index contributed by atoms with van der Waals surface area (Å²) in [6.45, 7) is 1.71. The van der Waals surface area contributed by atoms with Crippen LogP contribution in [-0.2, 0) is 14.3 Å². The standard InChI is InChI=1S/C24H28N2O6/c1-2-7-15(12-22(28)25-13-21(27)23(29)30)26-24(31)32-14-20-18-10-5-3-8-16(18)17-9-4-6-11-19(17)20/h3-6,8-11,15,20-21,27H,2,7,12-14H2,1H3,(H,25,28)(H,26,31)(H,29,30). The van der Waals surface area contributed by atoms with E-state index in [1.165, 1.54) is 0 Å². The summed E-state index contributed by atoms with van der Waals surface area (Å²) >= 11 is 0. The Morgan fingerprint density at radius 2 is 1.62 bits per heavy atom. The number of hydrogen-bond donors (Lipinski definition) is 4. The van der Waals surface area contributed by atoms with E-state index in [9.17, 15) is 19.5 Å². The van der Waals surface area contributed by atoms with Crippen LogP contribution in [0.15, 0.2) is 48.5 Å². The molecule has 170 valence electrons. The average molecular weight is 440 g/mol. The SMILES string of the molecule is CCCC(CC(=O)NCC(O)C(=O)O)NC(=O)OCC1c2ccccc2-c2ccccc21. The Balaban J connectivity index is 1.56. The normalized spacial score (nSPS) is 14.1. The number of amides is 2. The number of fused-ring (bicyclic) bond motifs is 3. The molecule has 0 heterocycles. The van der Waals surface area contributed by atoms with Crippen molar-refractivity contribution in [1.29, 1.82) is 0 Å². The number of hydrogen-bond acceptors (Lipinski definition) is 5. The van der Waals surface area contributed by atoms with Gasteiger partial charge in [-0.3, -0.25) is 4.79 Å². The molecule has 0 saturated carbocycles. The van der Waals surface area contributed by atoms with Gasteiger partial charge in [-0.15, -0.1) is 0 Å². The van der Waals surface area contributed by atoms with Crippen molar-refractivity contribution in [2.24, 2.45) is 0 Å². The first-order chi connectivity index (χ1) is 15.4. The highest BCUT2D eigenvalue weighted by atomic mass is 16.5. The first-order valence-corrected chi connectivity index (χ1v) is 10.7. The third kappa shape index (κ3) is 5.64. The van der Waals surface area contributed by atoms with Crippen molar-refractivity contribution in [3.8, 4) is 11.1 Å². The number of alkyl carbamates (subject to hydrolysis) is 1. The number of benzene rings is 2. The molecule has 8 nitrogen and oxygen atoms in total. The second kappa shape index (κ2) is 10.8. The number of aliphatic hydroxyl groups is 1. The van der Waals surface area contributed by atoms with Gasteiger partial charge in [-0.05, 0) is 28.7 Å². The van der Waals surface area contributed by atoms with Gasteiger partial charge in [0.2, 0.25) is 5.91 Å². The van der Waals surface area contributed by atoms with Crippen LogP contribution in [0, 0.1) is 0 Å². The molecule has 1 aliphatic rings. The maximum atomic E-state index is 12.5. The van der Waals surface area contributed by atoms with E-state index in [2.05, 4.69) is 22.8 Å². The summed E-state index contributed by atoms with van der Waals surface area (Å²) in [6.07, 6.45) is -1.02. The van der Waals surface area contributed by atoms with Crippen molar-refractivity contribution in [3.63, 3.8) is 0 Å². The smallest absolute Gasteiger partial charge is 0.407 e. The Morgan fingerprint density at radius 1 is 1.03 bits per heavy atom. The second-order valence-electron chi connectivity index (χ2n) is 7.82. The fourth-order valence-corrected chi connectivity index (χ4v) is 3.97. The molecule has 2 atom stereocenters. The minimum absolute atomic E-state index is 0.0373. The van der Waals surface area contributed by atoms with Gasteiger partial charge in [0.15, 0.2) is 6.10 Å². The zero-order valence-corrected chi connectivity index (χ0v) is 17.9. The summed E-state index contributed by atoms with van der Waals surface area (Å²) in [6, 6.07) is 15.6. The lowest BCUT2D eigenvalue weighted by atomic mass is 9.98. The number of aliphatic carboxylic acids is 1. The van der Waals surface area contributed by atoms with Crippen LogP contribution in [0.4, 0.5) is 4.79 Å². The number of carboxylic acids is 1. The van der Waals surface area contributed by atoms with E-state index in [1.807, 2.05) is 43.3 Å². The van der Waals surface area contributed by atoms with Gasteiger partial charge in [0.1, 0.15) is 6.61 Å². The molecule has 0 aromatic heterocycles. The third-order valence-corrected chi connectivity index (χ3v) is 5.51. The summed E-state index contributed by atoms with van der Waals surface area (Å²) in [5, 5.41) is 23.0. The highest BCUT2D eigenvalue weighted by Gasteiger charge is 2.29. The molecule has 2 unspecified atom stereocenters. The fourth-order valence-electron chi connectivity index (χ4n) is 3.97. The Kier molecular flexibility index (Phi) is 7.83. The fraction of sp³-hybridized carbons (Fsp3) is 0.375. The molecule has 2 amide bonds. The molecule has 0 bridgehead atoms. The third-order valence-electron chi connectivity index (χ3n) is 5.51. The van der Waals surface area contributed by atoms with Crippen LogP contribution >= 0.6 is 0 Å². The van der Waals surface area contributed by atoms with Gasteiger partial charge in [-0.1, -0.05) is 61.9 Å². The second-order valence-corrected chi connectivity index (χ2v) is 7.82. The van der Waals surface area contributed by atoms with E-state index in [4.69, 9.17) is 9.84 Å². The van der Waals surface area contributed by atoms with Crippen molar-refractivity contribution >= 4 is 18.0 Å². The molecule has 8 heteroatoms. The Bertz CT molecular complexity index is 931. The molecule has 0 saturated heterocycles. The quantitative estimate of drug-likeness (QED) is 0.450. The number of carbonyl (C=O) groups is 3. The highest BCUT2D eigenvalue weighted by Crippen LogP contribution is 2.44. The van der Waals surface area contributed by atoms with Gasteiger partial charge < -0.3 is 25.6 Å². The maximum absolute atomic E-state index is 12.5. The molecule has 2 aromatic rings. The first-order valence-electron chi connectivity index (χ1n) is 10.7. The largest absolute Gasteiger partial charge is 0.479 e. The zero-order valence-electron chi connectivity index (χ0n) is 17.9. The zero-order chi connectivity index (χ0) is 23.1. The number of nitrogens with one attached hydrogen (secondary N) is 2. The predicted molar refractivity (Wildman–Crippen MR) is 118 cm³/mol. The van der Waals surface area contributed by atoms with E-state index < -0.39 is 36.7 Å². The maximum Gasteiger partial charge on any atom is 0.407 e. The molecule has 0 radical (unpaired) electrons. The van der Waals surface area contributed by atoms with Gasteiger partial charge in [-0.25, -0.2) is 9.59 Å². The van der Waals surface area contributed by atoms with E-state index in [-0.39, 0.29) is 18.9 Å². The van der Waals surface area contributed by atoms with Crippen LogP contribution < -0.4 is 10.6 Å². The number of carboxylic acid groups (broad SMARTS) is 1. The summed E-state index contributed by atoms with van der Waals surface area (Å²) in [5.41, 5.74) is 4.51. The number of carbonyl (C=O) groups excluding carboxylic acids is 2. The summed E-state index contributed by atoms with van der Waals surface area (Å²) < 4.78 is 5.53. The van der Waals surface area contributed by atoms with E-state index in [1.54, 1.807) is 0 Å². The van der Waals surface area contributed by atoms with E-state index in [0.717, 1.165) is 28.7 Å².